The molecule has 0 aromatic rings. The van der Waals surface area contributed by atoms with Gasteiger partial charge in [0.15, 0.2) is 0 Å². The van der Waals surface area contributed by atoms with Crippen LogP contribution in [0.3, 0.4) is 0 Å². The maximum Gasteiger partial charge on any atom is 0.223 e. The molecule has 2 aliphatic heterocycles. The molecule has 1 atom stereocenters. The van der Waals surface area contributed by atoms with Gasteiger partial charge in [0.05, 0.1) is 0 Å². The topological polar surface area (TPSA) is 29.5 Å². The number of nitrogens with zero attached hydrogens (tertiary/aromatic N) is 1. The molecule has 0 bridgehead atoms. The maximum absolute atomic E-state index is 11.5. The Morgan fingerprint density at radius 3 is 2.73 bits per heavy atom. The zero-order valence-corrected chi connectivity index (χ0v) is 10.5. The fraction of sp³-hybridized carbons (Fsp3) is 0.909. The molecule has 0 aromatic heterocycles. The Morgan fingerprint density at radius 2 is 2.13 bits per heavy atom. The minimum Gasteiger partial charge on any atom is -0.381 e. The van der Waals surface area contributed by atoms with Crippen molar-refractivity contribution >= 4 is 21.8 Å². The van der Waals surface area contributed by atoms with Crippen LogP contribution >= 0.6 is 15.9 Å². The summed E-state index contributed by atoms with van der Waals surface area (Å²) in [5, 5.41) is 0. The van der Waals surface area contributed by atoms with Gasteiger partial charge in [0, 0.05) is 37.6 Å². The Morgan fingerprint density at radius 1 is 1.40 bits per heavy atom. The van der Waals surface area contributed by atoms with E-state index in [1.165, 1.54) is 12.8 Å². The van der Waals surface area contributed by atoms with E-state index < -0.39 is 0 Å². The van der Waals surface area contributed by atoms with E-state index in [-0.39, 0.29) is 0 Å². The van der Waals surface area contributed by atoms with Crippen molar-refractivity contribution < 1.29 is 9.53 Å². The van der Waals surface area contributed by atoms with Gasteiger partial charge < -0.3 is 9.64 Å². The van der Waals surface area contributed by atoms with E-state index >= 15 is 0 Å². The molecule has 0 radical (unpaired) electrons. The lowest BCUT2D eigenvalue weighted by Gasteiger charge is -2.24. The van der Waals surface area contributed by atoms with Crippen LogP contribution in [0.15, 0.2) is 0 Å². The van der Waals surface area contributed by atoms with Gasteiger partial charge in [-0.15, -0.1) is 0 Å². The average Bonchev–Trinajstić information content (AvgIpc) is 2.56. The number of carbonyl (C=O) groups is 1. The summed E-state index contributed by atoms with van der Waals surface area (Å²) in [6, 6.07) is 0. The van der Waals surface area contributed by atoms with Crippen LogP contribution < -0.4 is 0 Å². The number of alkyl halides is 1. The van der Waals surface area contributed by atoms with Crippen LogP contribution in [0.2, 0.25) is 0 Å². The summed E-state index contributed by atoms with van der Waals surface area (Å²) in [6.45, 7) is 3.63. The van der Waals surface area contributed by atoms with Crippen molar-refractivity contribution in [2.24, 2.45) is 5.92 Å². The third-order valence-corrected chi connectivity index (χ3v) is 3.93. The van der Waals surface area contributed by atoms with Gasteiger partial charge in [0.25, 0.3) is 0 Å². The van der Waals surface area contributed by atoms with Crippen LogP contribution in [0, 0.1) is 5.92 Å². The van der Waals surface area contributed by atoms with E-state index in [0.29, 0.717) is 17.2 Å². The van der Waals surface area contributed by atoms with E-state index in [1.807, 2.05) is 4.90 Å². The van der Waals surface area contributed by atoms with E-state index in [4.69, 9.17) is 4.74 Å². The van der Waals surface area contributed by atoms with Crippen molar-refractivity contribution in [2.75, 3.05) is 26.3 Å². The highest BCUT2D eigenvalue weighted by atomic mass is 79.9. The summed E-state index contributed by atoms with van der Waals surface area (Å²) in [5.41, 5.74) is 0. The SMILES string of the molecule is O=C1CC(Br)CN1CCC1CCOCC1. The van der Waals surface area contributed by atoms with Crippen LogP contribution in [0.25, 0.3) is 0 Å². The molecule has 0 N–H and O–H groups in total. The fourth-order valence-corrected chi connectivity index (χ4v) is 2.94. The number of ether oxygens (including phenoxy) is 1. The summed E-state index contributed by atoms with van der Waals surface area (Å²) in [7, 11) is 0. The molecule has 1 amide bonds. The lowest BCUT2D eigenvalue weighted by Crippen LogP contribution is -2.29. The summed E-state index contributed by atoms with van der Waals surface area (Å²) >= 11 is 3.50. The Bertz CT molecular complexity index is 229. The van der Waals surface area contributed by atoms with Crippen molar-refractivity contribution in [3.8, 4) is 0 Å². The Hall–Kier alpha value is -0.0900. The zero-order valence-electron chi connectivity index (χ0n) is 8.95. The summed E-state index contributed by atoms with van der Waals surface area (Å²) in [4.78, 5) is 13.9. The smallest absolute Gasteiger partial charge is 0.223 e. The van der Waals surface area contributed by atoms with Gasteiger partial charge in [-0.1, -0.05) is 15.9 Å². The molecule has 2 heterocycles. The predicted molar refractivity (Wildman–Crippen MR) is 62.1 cm³/mol. The van der Waals surface area contributed by atoms with E-state index in [2.05, 4.69) is 15.9 Å². The maximum atomic E-state index is 11.5. The lowest BCUT2D eigenvalue weighted by atomic mass is 9.96. The number of likely N-dealkylation sites (tertiary alicyclic amines) is 1. The van der Waals surface area contributed by atoms with Gasteiger partial charge in [0.1, 0.15) is 0 Å². The third-order valence-electron chi connectivity index (χ3n) is 3.32. The second kappa shape index (κ2) is 5.30. The van der Waals surface area contributed by atoms with Crippen molar-refractivity contribution in [1.29, 1.82) is 0 Å². The molecule has 0 aliphatic carbocycles. The Kier molecular flexibility index (Phi) is 4.03. The number of amides is 1. The number of carbonyl (C=O) groups excluding carboxylic acids is 1. The molecular weight excluding hydrogens is 258 g/mol. The monoisotopic (exact) mass is 275 g/mol. The average molecular weight is 276 g/mol. The molecule has 86 valence electrons. The van der Waals surface area contributed by atoms with Crippen LogP contribution in [0.5, 0.6) is 0 Å². The first-order valence-corrected chi connectivity index (χ1v) is 6.67. The lowest BCUT2D eigenvalue weighted by molar-refractivity contribution is -0.127. The number of rotatable bonds is 3. The first-order chi connectivity index (χ1) is 7.25. The standard InChI is InChI=1S/C11H18BrNO2/c12-10-7-11(14)13(8-10)4-1-9-2-5-15-6-3-9/h9-10H,1-8H2. The quantitative estimate of drug-likeness (QED) is 0.736. The molecular formula is C11H18BrNO2. The Balaban J connectivity index is 1.70. The molecule has 2 fully saturated rings. The summed E-state index contributed by atoms with van der Waals surface area (Å²) in [5.74, 6) is 1.07. The molecule has 2 saturated heterocycles. The molecule has 2 aliphatic rings. The van der Waals surface area contributed by atoms with Crippen molar-refractivity contribution in [3.63, 3.8) is 0 Å². The minimum atomic E-state index is 0.309. The van der Waals surface area contributed by atoms with Gasteiger partial charge in [0.2, 0.25) is 5.91 Å². The second-order valence-electron chi connectivity index (χ2n) is 4.49. The molecule has 4 heteroatoms. The highest BCUT2D eigenvalue weighted by Crippen LogP contribution is 2.22. The van der Waals surface area contributed by atoms with Crippen molar-refractivity contribution in [3.05, 3.63) is 0 Å². The van der Waals surface area contributed by atoms with Crippen molar-refractivity contribution in [2.45, 2.75) is 30.5 Å². The molecule has 0 saturated carbocycles. The van der Waals surface area contributed by atoms with Gasteiger partial charge >= 0.3 is 0 Å². The second-order valence-corrected chi connectivity index (χ2v) is 5.78. The molecule has 1 unspecified atom stereocenters. The summed E-state index contributed by atoms with van der Waals surface area (Å²) < 4.78 is 5.32. The Labute approximate surface area is 99.3 Å². The van der Waals surface area contributed by atoms with Gasteiger partial charge in [-0.05, 0) is 25.2 Å². The fourth-order valence-electron chi connectivity index (χ4n) is 2.31. The molecule has 0 aromatic carbocycles. The first-order valence-electron chi connectivity index (χ1n) is 5.75. The van der Waals surface area contributed by atoms with Crippen molar-refractivity contribution in [1.82, 2.24) is 4.90 Å². The van der Waals surface area contributed by atoms with E-state index in [0.717, 1.165) is 38.6 Å². The zero-order chi connectivity index (χ0) is 10.7. The highest BCUT2D eigenvalue weighted by molar-refractivity contribution is 9.09. The van der Waals surface area contributed by atoms with Crippen LogP contribution in [0.1, 0.15) is 25.7 Å². The minimum absolute atomic E-state index is 0.309. The van der Waals surface area contributed by atoms with Crippen LogP contribution in [0.4, 0.5) is 0 Å². The van der Waals surface area contributed by atoms with Gasteiger partial charge in [-0.25, -0.2) is 0 Å². The van der Waals surface area contributed by atoms with Gasteiger partial charge in [-0.2, -0.15) is 0 Å². The molecule has 3 nitrogen and oxygen atoms in total. The predicted octanol–water partition coefficient (Wildman–Crippen LogP) is 1.80. The summed E-state index contributed by atoms with van der Waals surface area (Å²) in [6.07, 6.45) is 4.15. The third kappa shape index (κ3) is 3.18. The highest BCUT2D eigenvalue weighted by Gasteiger charge is 2.27. The number of hydrogen-bond donors (Lipinski definition) is 0. The van der Waals surface area contributed by atoms with Crippen LogP contribution in [-0.2, 0) is 9.53 Å². The molecule has 0 spiro atoms. The number of halogens is 1. The molecule has 2 rings (SSSR count). The normalized spacial score (nSPS) is 28.7. The number of hydrogen-bond acceptors (Lipinski definition) is 2. The first kappa shape index (κ1) is 11.4. The van der Waals surface area contributed by atoms with E-state index in [9.17, 15) is 4.79 Å². The van der Waals surface area contributed by atoms with Crippen LogP contribution in [-0.4, -0.2) is 41.9 Å². The van der Waals surface area contributed by atoms with Gasteiger partial charge in [-0.3, -0.25) is 4.79 Å². The van der Waals surface area contributed by atoms with E-state index in [1.54, 1.807) is 0 Å². The largest absolute Gasteiger partial charge is 0.381 e. The molecule has 15 heavy (non-hydrogen) atoms.